The number of esters is 1. The molecule has 1 unspecified atom stereocenters. The Kier molecular flexibility index (Phi) is 35.0. The number of rotatable bonds is 38. The summed E-state index contributed by atoms with van der Waals surface area (Å²) < 4.78 is 34.1. The Hall–Kier alpha value is -2.04. The van der Waals surface area contributed by atoms with Crippen molar-refractivity contribution >= 4 is 13.8 Å². The molecule has 0 aromatic rings. The van der Waals surface area contributed by atoms with Crippen molar-refractivity contribution in [1.82, 2.24) is 0 Å². The Morgan fingerprint density at radius 2 is 1.24 bits per heavy atom. The molecule has 4 atom stereocenters. The summed E-state index contributed by atoms with van der Waals surface area (Å²) in [6.45, 7) is 4.37. The number of unbranched alkanes of at least 4 members (excludes halogenated alkanes) is 15. The molecule has 0 aromatic heterocycles. The number of ether oxygens (including phenoxy) is 2. The van der Waals surface area contributed by atoms with E-state index in [1.165, 1.54) is 89.9 Å². The quantitative estimate of drug-likeness (QED) is 0.0119. The smallest absolute Gasteiger partial charge is 0.306 e. The maximum absolute atomic E-state index is 12.7. The molecule has 0 aliphatic heterocycles. The minimum absolute atomic E-state index is 0.0311. The molecule has 0 saturated carbocycles. The van der Waals surface area contributed by atoms with E-state index < -0.39 is 38.7 Å². The number of hydrogen-bond donors (Lipinski definition) is 2. The molecule has 0 aliphatic carbocycles. The predicted molar refractivity (Wildman–Crippen MR) is 224 cm³/mol. The monoisotopic (exact) mass is 798 g/mol. The van der Waals surface area contributed by atoms with Gasteiger partial charge in [-0.3, -0.25) is 9.36 Å². The number of carbonyl (C=O) groups excluding carboxylic acids is 1. The Morgan fingerprint density at radius 3 is 1.85 bits per heavy atom. The van der Waals surface area contributed by atoms with Gasteiger partial charge in [-0.1, -0.05) is 146 Å². The third-order valence-corrected chi connectivity index (χ3v) is 9.79. The van der Waals surface area contributed by atoms with E-state index in [0.29, 0.717) is 30.3 Å². The maximum Gasteiger partial charge on any atom is 0.306 e. The first-order valence-electron chi connectivity index (χ1n) is 21.3. The molecule has 0 bridgehead atoms. The van der Waals surface area contributed by atoms with Gasteiger partial charge in [0.25, 0.3) is 7.82 Å². The zero-order valence-corrected chi connectivity index (χ0v) is 36.2. The fraction of sp³-hybridized carbons (Fsp3) is 0.750. The molecule has 320 valence electrons. The van der Waals surface area contributed by atoms with Crippen LogP contribution in [0, 0.1) is 0 Å². The molecule has 0 fully saturated rings. The molecule has 10 nitrogen and oxygen atoms in total. The van der Waals surface area contributed by atoms with Gasteiger partial charge in [0.05, 0.1) is 46.2 Å². The van der Waals surface area contributed by atoms with Gasteiger partial charge < -0.3 is 38.1 Å². The molecule has 0 spiro atoms. The van der Waals surface area contributed by atoms with Crippen molar-refractivity contribution in [2.75, 3.05) is 47.5 Å². The predicted octanol–water partition coefficient (Wildman–Crippen LogP) is 9.81. The largest absolute Gasteiger partial charge is 0.756 e. The number of phosphoric acid groups is 1. The molecular formula is C44H80NO9P. The summed E-state index contributed by atoms with van der Waals surface area (Å²) in [6.07, 6.45) is 38.1. The second-order valence-corrected chi connectivity index (χ2v) is 16.9. The van der Waals surface area contributed by atoms with Crippen molar-refractivity contribution in [3.63, 3.8) is 0 Å². The van der Waals surface area contributed by atoms with E-state index >= 15 is 0 Å². The van der Waals surface area contributed by atoms with Crippen LogP contribution in [0.15, 0.2) is 60.9 Å². The number of carbonyl (C=O) groups is 1. The Morgan fingerprint density at radius 1 is 0.691 bits per heavy atom. The number of hydrogen-bond acceptors (Lipinski definition) is 9. The first-order valence-corrected chi connectivity index (χ1v) is 22.7. The molecule has 55 heavy (non-hydrogen) atoms. The molecular weight excluding hydrogens is 717 g/mol. The van der Waals surface area contributed by atoms with Crippen LogP contribution in [0.1, 0.15) is 149 Å². The molecule has 0 aromatic carbocycles. The number of allylic oxidation sites excluding steroid dienone is 6. The van der Waals surface area contributed by atoms with Gasteiger partial charge in [-0.15, -0.1) is 0 Å². The normalized spacial score (nSPS) is 15.5. The Labute approximate surface area is 336 Å². The summed E-state index contributed by atoms with van der Waals surface area (Å²) in [5, 5.41) is 20.3. The first kappa shape index (κ1) is 53.0. The van der Waals surface area contributed by atoms with Crippen molar-refractivity contribution in [1.29, 1.82) is 0 Å². The van der Waals surface area contributed by atoms with E-state index in [2.05, 4.69) is 19.9 Å². The van der Waals surface area contributed by atoms with Crippen LogP contribution in [0.25, 0.3) is 0 Å². The van der Waals surface area contributed by atoms with E-state index in [0.717, 1.165) is 19.3 Å². The van der Waals surface area contributed by atoms with E-state index in [1.807, 2.05) is 33.3 Å². The van der Waals surface area contributed by atoms with Gasteiger partial charge >= 0.3 is 5.97 Å². The van der Waals surface area contributed by atoms with Gasteiger partial charge in [0.2, 0.25) is 0 Å². The minimum atomic E-state index is -4.61. The lowest BCUT2D eigenvalue weighted by molar-refractivity contribution is -0.870. The van der Waals surface area contributed by atoms with Gasteiger partial charge in [-0.25, -0.2) is 0 Å². The first-order chi connectivity index (χ1) is 26.4. The fourth-order valence-corrected chi connectivity index (χ4v) is 6.14. The Balaban J connectivity index is 4.61. The molecule has 0 rings (SSSR count). The van der Waals surface area contributed by atoms with E-state index in [-0.39, 0.29) is 19.6 Å². The van der Waals surface area contributed by atoms with E-state index in [4.69, 9.17) is 18.5 Å². The second kappa shape index (κ2) is 36.3. The number of nitrogens with zero attached hydrogens (tertiary/aromatic N) is 1. The molecule has 0 aliphatic rings. The zero-order chi connectivity index (χ0) is 40.9. The summed E-state index contributed by atoms with van der Waals surface area (Å²) in [7, 11) is 1.16. The van der Waals surface area contributed by atoms with Crippen LogP contribution < -0.4 is 4.89 Å². The minimum Gasteiger partial charge on any atom is -0.756 e. The average molecular weight is 798 g/mol. The number of quaternary nitrogens is 1. The lowest BCUT2D eigenvalue weighted by Gasteiger charge is -2.28. The third kappa shape index (κ3) is 40.0. The van der Waals surface area contributed by atoms with Gasteiger partial charge in [0.15, 0.2) is 6.10 Å². The summed E-state index contributed by atoms with van der Waals surface area (Å²) >= 11 is 0. The van der Waals surface area contributed by atoms with Crippen LogP contribution >= 0.6 is 7.82 Å². The number of phosphoric ester groups is 1. The van der Waals surface area contributed by atoms with Crippen LogP contribution in [0.2, 0.25) is 0 Å². The number of likely N-dealkylation sites (N-methyl/N-ethyl adjacent to an activating group) is 1. The summed E-state index contributed by atoms with van der Waals surface area (Å²) in [6, 6.07) is 0. The van der Waals surface area contributed by atoms with Crippen LogP contribution in [0.4, 0.5) is 0 Å². The topological polar surface area (TPSA) is 135 Å². The Bertz CT molecular complexity index is 1100. The maximum atomic E-state index is 12.7. The fourth-order valence-electron chi connectivity index (χ4n) is 5.41. The highest BCUT2D eigenvalue weighted by Gasteiger charge is 2.20. The number of aliphatic hydroxyl groups excluding tert-OH is 2. The lowest BCUT2D eigenvalue weighted by Crippen LogP contribution is -2.37. The summed E-state index contributed by atoms with van der Waals surface area (Å²) in [4.78, 5) is 25.0. The molecule has 0 amide bonds. The standard InChI is InChI=1S/C44H80NO9P/c1-6-8-10-12-14-15-16-17-18-19-20-21-25-29-37-51-39-43(40-53-55(49,50)52-38-36-45(3,4)5)54-44(48)35-30-34-42(47)33-28-24-23-27-32-41(46)31-26-22-13-11-9-7-2/h22-24,26-29,32-33,37,41-43,46-47H,6-21,25,30-31,34-36,38-40H2,1-5H3/b24-23+,26-22-,32-27+,33-28-,37-29+/t41-,42-,43+/m0/s1. The van der Waals surface area contributed by atoms with Gasteiger partial charge in [-0.2, -0.15) is 0 Å². The highest BCUT2D eigenvalue weighted by Crippen LogP contribution is 2.38. The molecule has 0 saturated heterocycles. The molecule has 2 N–H and O–H groups in total. The van der Waals surface area contributed by atoms with E-state index in [1.54, 1.807) is 42.7 Å². The summed E-state index contributed by atoms with van der Waals surface area (Å²) in [5.74, 6) is -0.542. The van der Waals surface area contributed by atoms with Crippen molar-refractivity contribution in [3.05, 3.63) is 60.9 Å². The zero-order valence-electron chi connectivity index (χ0n) is 35.3. The van der Waals surface area contributed by atoms with Gasteiger partial charge in [-0.05, 0) is 51.0 Å². The van der Waals surface area contributed by atoms with Gasteiger partial charge in [0, 0.05) is 6.42 Å². The lowest BCUT2D eigenvalue weighted by atomic mass is 10.0. The summed E-state index contributed by atoms with van der Waals surface area (Å²) in [5.41, 5.74) is 0. The van der Waals surface area contributed by atoms with Crippen LogP contribution in [0.5, 0.6) is 0 Å². The van der Waals surface area contributed by atoms with Crippen molar-refractivity contribution < 1.29 is 47.5 Å². The van der Waals surface area contributed by atoms with Crippen molar-refractivity contribution in [2.45, 2.75) is 167 Å². The van der Waals surface area contributed by atoms with Crippen LogP contribution in [-0.2, 0) is 27.9 Å². The van der Waals surface area contributed by atoms with Gasteiger partial charge in [0.1, 0.15) is 19.8 Å². The van der Waals surface area contributed by atoms with Crippen molar-refractivity contribution in [3.8, 4) is 0 Å². The SMILES string of the molecule is CCCCC/C=C\C[C@H](O)/C=C/C=C/C=C\[C@H](O)CCCC(=O)O[C@H](CO/C=C/CCCCCCCCCCCCCC)COP(=O)([O-])OCC[N+](C)(C)C. The highest BCUT2D eigenvalue weighted by atomic mass is 31.2. The van der Waals surface area contributed by atoms with Crippen molar-refractivity contribution in [2.24, 2.45) is 0 Å². The molecule has 0 radical (unpaired) electrons. The second-order valence-electron chi connectivity index (χ2n) is 15.5. The van der Waals surface area contributed by atoms with E-state index in [9.17, 15) is 24.5 Å². The average Bonchev–Trinajstić information content (AvgIpc) is 3.12. The number of aliphatic hydroxyl groups is 2. The van der Waals surface area contributed by atoms with Crippen LogP contribution in [-0.4, -0.2) is 86.5 Å². The van der Waals surface area contributed by atoms with Crippen LogP contribution in [0.3, 0.4) is 0 Å². The molecule has 0 heterocycles. The molecule has 11 heteroatoms. The third-order valence-electron chi connectivity index (χ3n) is 8.83. The highest BCUT2D eigenvalue weighted by molar-refractivity contribution is 7.45.